The molecule has 0 aliphatic heterocycles. The monoisotopic (exact) mass is 238 g/mol. The fourth-order valence-corrected chi connectivity index (χ4v) is 0.975. The van der Waals surface area contributed by atoms with Crippen LogP contribution in [-0.4, -0.2) is 10.8 Å². The van der Waals surface area contributed by atoms with E-state index < -0.39 is 11.5 Å². The number of nitrogens with one attached hydrogen (secondary N) is 1. The lowest BCUT2D eigenvalue weighted by Gasteiger charge is -2.04. The highest BCUT2D eigenvalue weighted by Crippen LogP contribution is 2.29. The van der Waals surface area contributed by atoms with Gasteiger partial charge in [-0.15, -0.1) is 0 Å². The van der Waals surface area contributed by atoms with Crippen molar-refractivity contribution in [2.75, 3.05) is 5.43 Å². The van der Waals surface area contributed by atoms with Crippen LogP contribution < -0.4 is 5.43 Å². The van der Waals surface area contributed by atoms with Gasteiger partial charge in [0.15, 0.2) is 0 Å². The smallest absolute Gasteiger partial charge is 0.237 e. The van der Waals surface area contributed by atoms with E-state index in [4.69, 9.17) is 22.1 Å². The summed E-state index contributed by atoms with van der Waals surface area (Å²) in [5, 5.41) is 29.2. The minimum absolute atomic E-state index is 0.0927. The minimum atomic E-state index is -0.757. The molecule has 0 aliphatic carbocycles. The second kappa shape index (κ2) is 4.96. The van der Waals surface area contributed by atoms with Gasteiger partial charge < -0.3 is 5.11 Å². The molecule has 0 aliphatic rings. The number of hydrogen-bond acceptors (Lipinski definition) is 5. The topological polar surface area (TPSA) is 92.2 Å². The van der Waals surface area contributed by atoms with E-state index in [1.165, 1.54) is 12.1 Å². The van der Waals surface area contributed by atoms with Crippen molar-refractivity contribution >= 4 is 23.0 Å². The zero-order valence-electron chi connectivity index (χ0n) is 7.70. The number of phenols is 1. The van der Waals surface area contributed by atoms with Crippen molar-refractivity contribution in [3.8, 4) is 17.9 Å². The van der Waals surface area contributed by atoms with Gasteiger partial charge in [-0.25, -0.2) is 4.39 Å². The van der Waals surface area contributed by atoms with Gasteiger partial charge in [-0.3, -0.25) is 5.43 Å². The molecule has 0 radical (unpaired) electrons. The Bertz CT molecular complexity index is 514. The quantitative estimate of drug-likeness (QED) is 0.468. The highest BCUT2D eigenvalue weighted by molar-refractivity contribution is 6.31. The van der Waals surface area contributed by atoms with Crippen LogP contribution in [0.15, 0.2) is 17.2 Å². The fourth-order valence-electron chi connectivity index (χ4n) is 0.817. The second-order valence-electron chi connectivity index (χ2n) is 2.58. The molecule has 1 aromatic rings. The molecule has 0 unspecified atom stereocenters. The Morgan fingerprint density at radius 3 is 2.62 bits per heavy atom. The van der Waals surface area contributed by atoms with E-state index in [-0.39, 0.29) is 16.5 Å². The maximum absolute atomic E-state index is 13.0. The molecule has 7 heteroatoms. The van der Waals surface area contributed by atoms with E-state index in [0.29, 0.717) is 0 Å². The minimum Gasteiger partial charge on any atom is -0.506 e. The van der Waals surface area contributed by atoms with Crippen molar-refractivity contribution in [1.29, 1.82) is 10.5 Å². The van der Waals surface area contributed by atoms with Crippen molar-refractivity contribution in [2.24, 2.45) is 5.10 Å². The number of hydrazone groups is 1. The first-order chi connectivity index (χ1) is 7.58. The van der Waals surface area contributed by atoms with E-state index in [9.17, 15) is 9.50 Å². The van der Waals surface area contributed by atoms with E-state index in [1.807, 2.05) is 0 Å². The molecular weight excluding hydrogens is 235 g/mol. The lowest BCUT2D eigenvalue weighted by atomic mass is 10.3. The van der Waals surface area contributed by atoms with Gasteiger partial charge in [0.1, 0.15) is 29.4 Å². The number of hydrogen-bond donors (Lipinski definition) is 2. The van der Waals surface area contributed by atoms with Gasteiger partial charge >= 0.3 is 0 Å². The summed E-state index contributed by atoms with van der Waals surface area (Å²) < 4.78 is 13.0. The van der Waals surface area contributed by atoms with Crippen LogP contribution in [0.1, 0.15) is 0 Å². The largest absolute Gasteiger partial charge is 0.506 e. The van der Waals surface area contributed by atoms with Crippen molar-refractivity contribution in [1.82, 2.24) is 0 Å². The molecule has 0 atom stereocenters. The molecule has 80 valence electrons. The van der Waals surface area contributed by atoms with E-state index in [1.54, 1.807) is 0 Å². The molecule has 0 amide bonds. The molecule has 0 fully saturated rings. The standard InChI is InChI=1S/C9H4ClFN4O/c10-6-1-9(16)8(2-7(6)11)15-14-5(3-12)4-13/h1-2,15-16H. The van der Waals surface area contributed by atoms with Crippen molar-refractivity contribution in [3.63, 3.8) is 0 Å². The lowest BCUT2D eigenvalue weighted by molar-refractivity contribution is 0.475. The maximum Gasteiger partial charge on any atom is 0.237 e. The first-order valence-corrected chi connectivity index (χ1v) is 4.28. The summed E-state index contributed by atoms with van der Waals surface area (Å²) in [5.41, 5.74) is 1.64. The molecule has 0 saturated heterocycles. The summed E-state index contributed by atoms with van der Waals surface area (Å²) >= 11 is 5.40. The van der Waals surface area contributed by atoms with Crippen LogP contribution in [0.3, 0.4) is 0 Å². The van der Waals surface area contributed by atoms with Crippen LogP contribution in [0.25, 0.3) is 0 Å². The SMILES string of the molecule is N#CC(C#N)=NNc1cc(F)c(Cl)cc1O. The summed E-state index contributed by atoms with van der Waals surface area (Å²) in [5.74, 6) is -1.10. The van der Waals surface area contributed by atoms with Crippen molar-refractivity contribution in [2.45, 2.75) is 0 Å². The molecule has 1 rings (SSSR count). The van der Waals surface area contributed by atoms with Gasteiger partial charge in [0, 0.05) is 12.1 Å². The van der Waals surface area contributed by atoms with Crippen molar-refractivity contribution in [3.05, 3.63) is 23.0 Å². The van der Waals surface area contributed by atoms with Gasteiger partial charge in [0.25, 0.3) is 0 Å². The number of aromatic hydroxyl groups is 1. The van der Waals surface area contributed by atoms with Gasteiger partial charge in [0.05, 0.1) is 5.02 Å². The summed E-state index contributed by atoms with van der Waals surface area (Å²) in [6, 6.07) is 4.86. The van der Waals surface area contributed by atoms with Crippen LogP contribution in [0, 0.1) is 28.5 Å². The van der Waals surface area contributed by atoms with Crippen molar-refractivity contribution < 1.29 is 9.50 Å². The average molecular weight is 239 g/mol. The third-order valence-corrected chi connectivity index (χ3v) is 1.83. The fraction of sp³-hybridized carbons (Fsp3) is 0. The predicted molar refractivity (Wildman–Crippen MR) is 55.4 cm³/mol. The number of nitriles is 2. The van der Waals surface area contributed by atoms with E-state index in [2.05, 4.69) is 10.5 Å². The third-order valence-electron chi connectivity index (χ3n) is 1.54. The number of benzene rings is 1. The molecule has 2 N–H and O–H groups in total. The Balaban J connectivity index is 3.01. The second-order valence-corrected chi connectivity index (χ2v) is 2.99. The summed E-state index contributed by atoms with van der Waals surface area (Å²) in [7, 11) is 0. The molecule has 0 heterocycles. The molecule has 0 spiro atoms. The molecule has 16 heavy (non-hydrogen) atoms. The highest BCUT2D eigenvalue weighted by Gasteiger charge is 2.07. The molecule has 0 bridgehead atoms. The van der Waals surface area contributed by atoms with Gasteiger partial charge in [-0.05, 0) is 0 Å². The zero-order valence-corrected chi connectivity index (χ0v) is 8.46. The average Bonchev–Trinajstić information content (AvgIpc) is 2.26. The van der Waals surface area contributed by atoms with Gasteiger partial charge in [-0.1, -0.05) is 11.6 Å². The predicted octanol–water partition coefficient (Wildman–Crippen LogP) is 2.00. The molecular formula is C9H4ClFN4O. The Morgan fingerprint density at radius 1 is 1.44 bits per heavy atom. The van der Waals surface area contributed by atoms with E-state index >= 15 is 0 Å². The van der Waals surface area contributed by atoms with Crippen LogP contribution in [0.2, 0.25) is 5.02 Å². The van der Waals surface area contributed by atoms with Crippen LogP contribution in [0.4, 0.5) is 10.1 Å². The number of anilines is 1. The molecule has 0 saturated carbocycles. The Kier molecular flexibility index (Phi) is 3.65. The summed E-state index contributed by atoms with van der Waals surface area (Å²) in [4.78, 5) is 0. The normalized spacial score (nSPS) is 8.75. The van der Waals surface area contributed by atoms with E-state index in [0.717, 1.165) is 12.1 Å². The van der Waals surface area contributed by atoms with Crippen LogP contribution in [-0.2, 0) is 0 Å². The number of halogens is 2. The first kappa shape index (κ1) is 11.8. The Hall–Kier alpha value is -2.31. The van der Waals surface area contributed by atoms with Gasteiger partial charge in [0.2, 0.25) is 5.71 Å². The summed E-state index contributed by atoms with van der Waals surface area (Å²) in [6.07, 6.45) is 0. The third kappa shape index (κ3) is 2.59. The lowest BCUT2D eigenvalue weighted by Crippen LogP contribution is -1.97. The Labute approximate surface area is 95.0 Å². The number of rotatable bonds is 2. The Morgan fingerprint density at radius 2 is 2.06 bits per heavy atom. The number of nitrogens with zero attached hydrogens (tertiary/aromatic N) is 3. The summed E-state index contributed by atoms with van der Waals surface area (Å²) in [6.45, 7) is 0. The van der Waals surface area contributed by atoms with Gasteiger partial charge in [-0.2, -0.15) is 15.6 Å². The first-order valence-electron chi connectivity index (χ1n) is 3.90. The highest BCUT2D eigenvalue weighted by atomic mass is 35.5. The molecule has 5 nitrogen and oxygen atoms in total. The zero-order chi connectivity index (χ0) is 12.1. The van der Waals surface area contributed by atoms with Crippen LogP contribution in [0.5, 0.6) is 5.75 Å². The molecule has 0 aromatic heterocycles. The molecule has 1 aromatic carbocycles. The van der Waals surface area contributed by atoms with Crippen LogP contribution >= 0.6 is 11.6 Å². The number of phenolic OH excluding ortho intramolecular Hbond substituents is 1. The maximum atomic E-state index is 13.0.